The number of hydrogen-bond donors (Lipinski definition) is 1. The molecule has 0 radical (unpaired) electrons. The lowest BCUT2D eigenvalue weighted by atomic mass is 10.0. The van der Waals surface area contributed by atoms with E-state index in [1.165, 1.54) is 6.07 Å². The van der Waals surface area contributed by atoms with E-state index in [1.807, 2.05) is 36.4 Å². The van der Waals surface area contributed by atoms with Gasteiger partial charge in [0, 0.05) is 5.54 Å². The Bertz CT molecular complexity index is 617. The van der Waals surface area contributed by atoms with E-state index in [0.29, 0.717) is 17.5 Å². The standard InChI is InChI=1S/C17H17BrFNO/c18-14-8-13(10-17(20)6-7-17)9-15(19)16(14)21-11-12-4-2-1-3-5-12/h1-5,8-9H,6-7,10-11,20H2. The van der Waals surface area contributed by atoms with Gasteiger partial charge in [0.05, 0.1) is 4.47 Å². The SMILES string of the molecule is NC1(Cc2cc(F)c(OCc3ccccc3)c(Br)c2)CC1. The first-order chi connectivity index (χ1) is 10.1. The van der Waals surface area contributed by atoms with Gasteiger partial charge in [0.2, 0.25) is 0 Å². The molecule has 2 aromatic rings. The van der Waals surface area contributed by atoms with Crippen molar-refractivity contribution in [2.45, 2.75) is 31.4 Å². The lowest BCUT2D eigenvalue weighted by Crippen LogP contribution is -2.24. The van der Waals surface area contributed by atoms with Crippen molar-refractivity contribution in [2.75, 3.05) is 0 Å². The number of rotatable bonds is 5. The number of hydrogen-bond acceptors (Lipinski definition) is 2. The Balaban J connectivity index is 1.73. The highest BCUT2D eigenvalue weighted by Gasteiger charge is 2.38. The molecular formula is C17H17BrFNO. The third-order valence-electron chi connectivity index (χ3n) is 3.73. The van der Waals surface area contributed by atoms with Crippen molar-refractivity contribution in [2.24, 2.45) is 5.73 Å². The third kappa shape index (κ3) is 3.63. The summed E-state index contributed by atoms with van der Waals surface area (Å²) in [5, 5.41) is 0. The highest BCUT2D eigenvalue weighted by Crippen LogP contribution is 2.38. The Hall–Kier alpha value is -1.39. The van der Waals surface area contributed by atoms with E-state index in [-0.39, 0.29) is 17.1 Å². The summed E-state index contributed by atoms with van der Waals surface area (Å²) in [6, 6.07) is 13.1. The van der Waals surface area contributed by atoms with Gasteiger partial charge >= 0.3 is 0 Å². The molecule has 0 saturated heterocycles. The Morgan fingerprint density at radius 3 is 2.48 bits per heavy atom. The number of halogens is 2. The smallest absolute Gasteiger partial charge is 0.169 e. The molecule has 0 aliphatic heterocycles. The minimum Gasteiger partial charge on any atom is -0.485 e. The van der Waals surface area contributed by atoms with Gasteiger partial charge in [0.25, 0.3) is 0 Å². The monoisotopic (exact) mass is 349 g/mol. The van der Waals surface area contributed by atoms with Crippen molar-refractivity contribution in [3.05, 3.63) is 63.9 Å². The van der Waals surface area contributed by atoms with Crippen LogP contribution >= 0.6 is 15.9 Å². The second-order valence-corrected chi connectivity index (χ2v) is 6.56. The van der Waals surface area contributed by atoms with E-state index in [4.69, 9.17) is 10.5 Å². The maximum absolute atomic E-state index is 14.2. The molecule has 0 spiro atoms. The van der Waals surface area contributed by atoms with Gasteiger partial charge in [0.15, 0.2) is 11.6 Å². The van der Waals surface area contributed by atoms with Crippen LogP contribution in [0, 0.1) is 5.82 Å². The highest BCUT2D eigenvalue weighted by molar-refractivity contribution is 9.10. The first-order valence-corrected chi connectivity index (χ1v) is 7.79. The molecule has 0 atom stereocenters. The van der Waals surface area contributed by atoms with Crippen molar-refractivity contribution >= 4 is 15.9 Å². The van der Waals surface area contributed by atoms with Gasteiger partial charge < -0.3 is 10.5 Å². The van der Waals surface area contributed by atoms with Crippen LogP contribution in [0.15, 0.2) is 46.9 Å². The van der Waals surface area contributed by atoms with Gasteiger partial charge in [-0.15, -0.1) is 0 Å². The molecule has 3 rings (SSSR count). The quantitative estimate of drug-likeness (QED) is 0.877. The van der Waals surface area contributed by atoms with Crippen LogP contribution in [0.2, 0.25) is 0 Å². The minimum atomic E-state index is -0.348. The van der Waals surface area contributed by atoms with Crippen LogP contribution in [-0.2, 0) is 13.0 Å². The summed E-state index contributed by atoms with van der Waals surface area (Å²) in [6.07, 6.45) is 2.73. The topological polar surface area (TPSA) is 35.2 Å². The molecule has 0 aromatic heterocycles. The van der Waals surface area contributed by atoms with Crippen LogP contribution in [0.3, 0.4) is 0 Å². The maximum Gasteiger partial charge on any atom is 0.169 e. The summed E-state index contributed by atoms with van der Waals surface area (Å²) in [4.78, 5) is 0. The second-order valence-electron chi connectivity index (χ2n) is 5.70. The zero-order valence-electron chi connectivity index (χ0n) is 11.6. The summed E-state index contributed by atoms with van der Waals surface area (Å²) < 4.78 is 20.5. The van der Waals surface area contributed by atoms with Gasteiger partial charge in [-0.05, 0) is 58.5 Å². The van der Waals surface area contributed by atoms with E-state index in [1.54, 1.807) is 0 Å². The Kier molecular flexibility index (Phi) is 4.00. The van der Waals surface area contributed by atoms with Gasteiger partial charge in [-0.3, -0.25) is 0 Å². The largest absolute Gasteiger partial charge is 0.485 e. The molecule has 0 unspecified atom stereocenters. The number of nitrogens with two attached hydrogens (primary N) is 1. The van der Waals surface area contributed by atoms with Crippen LogP contribution in [0.5, 0.6) is 5.75 Å². The summed E-state index contributed by atoms with van der Waals surface area (Å²) >= 11 is 3.39. The van der Waals surface area contributed by atoms with E-state index in [9.17, 15) is 4.39 Å². The van der Waals surface area contributed by atoms with Gasteiger partial charge in [-0.2, -0.15) is 0 Å². The summed E-state index contributed by atoms with van der Waals surface area (Å²) in [6.45, 7) is 0.344. The maximum atomic E-state index is 14.2. The van der Waals surface area contributed by atoms with Crippen LogP contribution in [0.25, 0.3) is 0 Å². The molecule has 4 heteroatoms. The van der Waals surface area contributed by atoms with Crippen molar-refractivity contribution in [3.63, 3.8) is 0 Å². The fourth-order valence-corrected chi connectivity index (χ4v) is 2.92. The Morgan fingerprint density at radius 1 is 1.14 bits per heavy atom. The molecule has 2 N–H and O–H groups in total. The fourth-order valence-electron chi connectivity index (χ4n) is 2.33. The lowest BCUT2D eigenvalue weighted by Gasteiger charge is -2.13. The average Bonchev–Trinajstić information content (AvgIpc) is 3.16. The molecule has 2 aromatic carbocycles. The number of ether oxygens (including phenoxy) is 1. The Morgan fingerprint density at radius 2 is 1.86 bits per heavy atom. The first kappa shape index (κ1) is 14.5. The molecule has 0 bridgehead atoms. The van der Waals surface area contributed by atoms with Crippen molar-refractivity contribution < 1.29 is 9.13 Å². The highest BCUT2D eigenvalue weighted by atomic mass is 79.9. The molecule has 0 amide bonds. The molecule has 1 aliphatic rings. The molecule has 2 nitrogen and oxygen atoms in total. The molecule has 1 fully saturated rings. The molecular weight excluding hydrogens is 333 g/mol. The average molecular weight is 350 g/mol. The molecule has 1 saturated carbocycles. The minimum absolute atomic E-state index is 0.127. The van der Waals surface area contributed by atoms with Gasteiger partial charge in [0.1, 0.15) is 6.61 Å². The molecule has 110 valence electrons. The van der Waals surface area contributed by atoms with Crippen molar-refractivity contribution in [3.8, 4) is 5.75 Å². The zero-order chi connectivity index (χ0) is 14.9. The second kappa shape index (κ2) is 5.78. The first-order valence-electron chi connectivity index (χ1n) is 6.99. The lowest BCUT2D eigenvalue weighted by molar-refractivity contribution is 0.288. The van der Waals surface area contributed by atoms with E-state index in [0.717, 1.165) is 24.0 Å². The van der Waals surface area contributed by atoms with Gasteiger partial charge in [-0.25, -0.2) is 4.39 Å². The van der Waals surface area contributed by atoms with Crippen molar-refractivity contribution in [1.29, 1.82) is 0 Å². The molecule has 0 heterocycles. The fraction of sp³-hybridized carbons (Fsp3) is 0.294. The third-order valence-corrected chi connectivity index (χ3v) is 4.32. The van der Waals surface area contributed by atoms with E-state index >= 15 is 0 Å². The predicted molar refractivity (Wildman–Crippen MR) is 84.7 cm³/mol. The van der Waals surface area contributed by atoms with Crippen LogP contribution in [-0.4, -0.2) is 5.54 Å². The van der Waals surface area contributed by atoms with Gasteiger partial charge in [-0.1, -0.05) is 30.3 Å². The molecule has 21 heavy (non-hydrogen) atoms. The van der Waals surface area contributed by atoms with Crippen molar-refractivity contribution in [1.82, 2.24) is 0 Å². The van der Waals surface area contributed by atoms with Crippen LogP contribution in [0.4, 0.5) is 4.39 Å². The summed E-state index contributed by atoms with van der Waals surface area (Å²) in [5.74, 6) is -0.0935. The van der Waals surface area contributed by atoms with E-state index in [2.05, 4.69) is 15.9 Å². The Labute approximate surface area is 132 Å². The van der Waals surface area contributed by atoms with E-state index < -0.39 is 0 Å². The molecule has 1 aliphatic carbocycles. The summed E-state index contributed by atoms with van der Waals surface area (Å²) in [5.41, 5.74) is 7.87. The predicted octanol–water partition coefficient (Wildman–Crippen LogP) is 4.20. The normalized spacial score (nSPS) is 15.8. The van der Waals surface area contributed by atoms with Crippen LogP contribution < -0.4 is 10.5 Å². The zero-order valence-corrected chi connectivity index (χ0v) is 13.2. The summed E-state index contributed by atoms with van der Waals surface area (Å²) in [7, 11) is 0. The van der Waals surface area contributed by atoms with Crippen LogP contribution in [0.1, 0.15) is 24.0 Å². The number of benzene rings is 2.